The minimum Gasteiger partial charge on any atom is -0.462 e. The fourth-order valence-electron chi connectivity index (χ4n) is 3.49. The van der Waals surface area contributed by atoms with Crippen molar-refractivity contribution in [3.05, 3.63) is 102 Å². The number of hydrogen-bond donors (Lipinski definition) is 0. The van der Waals surface area contributed by atoms with Crippen molar-refractivity contribution in [2.45, 2.75) is 13.3 Å². The molecule has 28 heavy (non-hydrogen) atoms. The molecule has 0 saturated carbocycles. The van der Waals surface area contributed by atoms with Crippen molar-refractivity contribution in [2.24, 2.45) is 0 Å². The zero-order chi connectivity index (χ0) is 19.3. The lowest BCUT2D eigenvalue weighted by atomic mass is 9.92. The molecule has 138 valence electrons. The van der Waals surface area contributed by atoms with Crippen LogP contribution in [0.5, 0.6) is 0 Å². The number of carbonyl (C=O) groups is 1. The monoisotopic (exact) mass is 367 g/mol. The average molecular weight is 367 g/mol. The molecule has 0 bridgehead atoms. The summed E-state index contributed by atoms with van der Waals surface area (Å²) in [5.74, 6) is -0.328. The third-order valence-electron chi connectivity index (χ3n) is 4.75. The molecule has 0 atom stereocenters. The van der Waals surface area contributed by atoms with Gasteiger partial charge in [0.2, 0.25) is 0 Å². The van der Waals surface area contributed by atoms with Crippen molar-refractivity contribution in [3.8, 4) is 11.3 Å². The van der Waals surface area contributed by atoms with Gasteiger partial charge in [-0.1, -0.05) is 78.9 Å². The Morgan fingerprint density at radius 3 is 2.21 bits per heavy atom. The number of esters is 1. The largest absolute Gasteiger partial charge is 0.462 e. The lowest BCUT2D eigenvalue weighted by molar-refractivity contribution is 0.0526. The number of rotatable bonds is 5. The van der Waals surface area contributed by atoms with Crippen molar-refractivity contribution in [1.82, 2.24) is 4.98 Å². The molecule has 0 aliphatic heterocycles. The van der Waals surface area contributed by atoms with Crippen LogP contribution < -0.4 is 0 Å². The van der Waals surface area contributed by atoms with Gasteiger partial charge in [0.1, 0.15) is 0 Å². The highest BCUT2D eigenvalue weighted by Crippen LogP contribution is 2.32. The molecule has 0 N–H and O–H groups in total. The van der Waals surface area contributed by atoms with Crippen molar-refractivity contribution < 1.29 is 9.53 Å². The van der Waals surface area contributed by atoms with E-state index < -0.39 is 0 Å². The Hall–Kier alpha value is -3.46. The Bertz CT molecular complexity index is 1110. The van der Waals surface area contributed by atoms with Gasteiger partial charge in [0.05, 0.1) is 23.4 Å². The predicted octanol–water partition coefficient (Wildman–Crippen LogP) is 5.67. The number of carbonyl (C=O) groups excluding carboxylic acids is 1. The van der Waals surface area contributed by atoms with Gasteiger partial charge < -0.3 is 4.74 Å². The van der Waals surface area contributed by atoms with Gasteiger partial charge in [0.15, 0.2) is 0 Å². The second-order valence-electron chi connectivity index (χ2n) is 6.58. The molecule has 1 aromatic heterocycles. The van der Waals surface area contributed by atoms with E-state index in [0.29, 0.717) is 24.3 Å². The first-order valence-corrected chi connectivity index (χ1v) is 9.46. The molecular weight excluding hydrogens is 346 g/mol. The number of hydrogen-bond acceptors (Lipinski definition) is 3. The van der Waals surface area contributed by atoms with Crippen LogP contribution in [0, 0.1) is 0 Å². The fourth-order valence-corrected chi connectivity index (χ4v) is 3.49. The molecular formula is C25H21NO2. The van der Waals surface area contributed by atoms with E-state index in [2.05, 4.69) is 12.1 Å². The normalized spacial score (nSPS) is 10.8. The summed E-state index contributed by atoms with van der Waals surface area (Å²) in [6.07, 6.45) is 0.637. The van der Waals surface area contributed by atoms with Crippen molar-refractivity contribution in [1.29, 1.82) is 0 Å². The van der Waals surface area contributed by atoms with Crippen LogP contribution in [-0.2, 0) is 11.2 Å². The van der Waals surface area contributed by atoms with Crippen LogP contribution in [0.3, 0.4) is 0 Å². The van der Waals surface area contributed by atoms with Gasteiger partial charge in [-0.15, -0.1) is 0 Å². The van der Waals surface area contributed by atoms with E-state index in [1.807, 2.05) is 79.7 Å². The summed E-state index contributed by atoms with van der Waals surface area (Å²) in [5, 5.41) is 0.981. The summed E-state index contributed by atoms with van der Waals surface area (Å²) in [5.41, 5.74) is 5.10. The van der Waals surface area contributed by atoms with E-state index in [-0.39, 0.29) is 5.97 Å². The van der Waals surface area contributed by atoms with Gasteiger partial charge in [-0.3, -0.25) is 0 Å². The zero-order valence-electron chi connectivity index (χ0n) is 15.8. The maximum atomic E-state index is 13.0. The number of ether oxygens (including phenoxy) is 1. The first-order valence-electron chi connectivity index (χ1n) is 9.46. The second-order valence-corrected chi connectivity index (χ2v) is 6.58. The molecule has 3 aromatic carbocycles. The highest BCUT2D eigenvalue weighted by Gasteiger charge is 2.23. The Morgan fingerprint density at radius 1 is 0.857 bits per heavy atom. The number of pyridine rings is 1. The third kappa shape index (κ3) is 3.52. The molecule has 0 unspecified atom stereocenters. The summed E-state index contributed by atoms with van der Waals surface area (Å²) in [6, 6.07) is 28.0. The number of benzene rings is 3. The van der Waals surface area contributed by atoms with Gasteiger partial charge >= 0.3 is 5.97 Å². The summed E-state index contributed by atoms with van der Waals surface area (Å²) in [4.78, 5) is 17.9. The molecule has 0 saturated heterocycles. The number of aromatic nitrogens is 1. The molecule has 0 radical (unpaired) electrons. The Labute approximate surface area is 164 Å². The van der Waals surface area contributed by atoms with Crippen molar-refractivity contribution in [3.63, 3.8) is 0 Å². The molecule has 0 aliphatic rings. The third-order valence-corrected chi connectivity index (χ3v) is 4.75. The van der Waals surface area contributed by atoms with Crippen LogP contribution in [0.2, 0.25) is 0 Å². The van der Waals surface area contributed by atoms with E-state index in [9.17, 15) is 4.79 Å². The van der Waals surface area contributed by atoms with Gasteiger partial charge in [-0.2, -0.15) is 0 Å². The standard InChI is InChI=1S/C25H21NO2/c1-2-28-25(27)23-21(17-18-11-5-3-6-12-18)20-15-9-10-16-22(20)26-24(23)19-13-7-4-8-14-19/h3-16H,2,17H2,1H3. The molecule has 1 heterocycles. The molecule has 0 aliphatic carbocycles. The Kier molecular flexibility index (Phi) is 5.16. The molecule has 4 rings (SSSR count). The fraction of sp³-hybridized carbons (Fsp3) is 0.120. The van der Waals surface area contributed by atoms with Gasteiger partial charge in [0.25, 0.3) is 0 Å². The molecule has 3 nitrogen and oxygen atoms in total. The number of fused-ring (bicyclic) bond motifs is 1. The molecule has 3 heteroatoms. The zero-order valence-corrected chi connectivity index (χ0v) is 15.8. The molecule has 0 amide bonds. The first-order chi connectivity index (χ1) is 13.8. The topological polar surface area (TPSA) is 39.2 Å². The second kappa shape index (κ2) is 8.05. The van der Waals surface area contributed by atoms with Gasteiger partial charge in [-0.25, -0.2) is 9.78 Å². The minimum atomic E-state index is -0.328. The minimum absolute atomic E-state index is 0.324. The highest BCUT2D eigenvalue weighted by atomic mass is 16.5. The number of nitrogens with zero attached hydrogens (tertiary/aromatic N) is 1. The quantitative estimate of drug-likeness (QED) is 0.427. The van der Waals surface area contributed by atoms with Crippen LogP contribution in [0.25, 0.3) is 22.2 Å². The maximum absolute atomic E-state index is 13.0. The summed E-state index contributed by atoms with van der Waals surface area (Å²) >= 11 is 0. The van der Waals surface area contributed by atoms with E-state index in [0.717, 1.165) is 27.6 Å². The number of para-hydroxylation sites is 1. The average Bonchev–Trinajstić information content (AvgIpc) is 2.75. The Balaban J connectivity index is 2.02. The smallest absolute Gasteiger partial charge is 0.340 e. The summed E-state index contributed by atoms with van der Waals surface area (Å²) in [7, 11) is 0. The Morgan fingerprint density at radius 2 is 1.50 bits per heavy atom. The maximum Gasteiger partial charge on any atom is 0.340 e. The first kappa shape index (κ1) is 17.9. The van der Waals surface area contributed by atoms with Gasteiger partial charge in [0, 0.05) is 10.9 Å². The van der Waals surface area contributed by atoms with E-state index in [1.165, 1.54) is 0 Å². The van der Waals surface area contributed by atoms with Crippen LogP contribution in [0.4, 0.5) is 0 Å². The predicted molar refractivity (Wildman–Crippen MR) is 112 cm³/mol. The van der Waals surface area contributed by atoms with Crippen LogP contribution in [0.1, 0.15) is 28.4 Å². The van der Waals surface area contributed by atoms with E-state index in [1.54, 1.807) is 0 Å². The highest BCUT2D eigenvalue weighted by molar-refractivity contribution is 6.03. The van der Waals surface area contributed by atoms with Crippen LogP contribution in [-0.4, -0.2) is 17.6 Å². The molecule has 0 fully saturated rings. The lowest BCUT2D eigenvalue weighted by Gasteiger charge is -2.17. The lowest BCUT2D eigenvalue weighted by Crippen LogP contribution is -2.12. The molecule has 0 spiro atoms. The SMILES string of the molecule is CCOC(=O)c1c(-c2ccccc2)nc2ccccc2c1Cc1ccccc1. The van der Waals surface area contributed by atoms with E-state index in [4.69, 9.17) is 9.72 Å². The van der Waals surface area contributed by atoms with Crippen LogP contribution in [0.15, 0.2) is 84.9 Å². The van der Waals surface area contributed by atoms with Crippen LogP contribution >= 0.6 is 0 Å². The molecule has 4 aromatic rings. The van der Waals surface area contributed by atoms with Crippen molar-refractivity contribution in [2.75, 3.05) is 6.61 Å². The summed E-state index contributed by atoms with van der Waals surface area (Å²) in [6.45, 7) is 2.15. The van der Waals surface area contributed by atoms with E-state index >= 15 is 0 Å². The van der Waals surface area contributed by atoms with Crippen molar-refractivity contribution >= 4 is 16.9 Å². The van der Waals surface area contributed by atoms with Gasteiger partial charge in [-0.05, 0) is 30.5 Å². The summed E-state index contributed by atoms with van der Waals surface area (Å²) < 4.78 is 5.44.